The van der Waals surface area contributed by atoms with E-state index >= 15 is 0 Å². The van der Waals surface area contributed by atoms with Crippen molar-refractivity contribution in [3.63, 3.8) is 0 Å². The molecule has 13 nitrogen and oxygen atoms in total. The van der Waals surface area contributed by atoms with Crippen molar-refractivity contribution >= 4 is 56.1 Å². The minimum Gasteiger partial charge on any atom is -0.496 e. The van der Waals surface area contributed by atoms with E-state index in [1.54, 1.807) is 18.0 Å². The molecule has 1 unspecified atom stereocenters. The molecule has 0 aromatic carbocycles. The van der Waals surface area contributed by atoms with Gasteiger partial charge in [0.05, 0.1) is 40.6 Å². The van der Waals surface area contributed by atoms with E-state index in [-0.39, 0.29) is 22.0 Å². The Balaban J connectivity index is 1.45. The number of aryl methyl sites for hydroxylation is 1. The maximum atomic E-state index is 12.9. The van der Waals surface area contributed by atoms with Crippen LogP contribution >= 0.6 is 23.1 Å². The van der Waals surface area contributed by atoms with E-state index in [1.165, 1.54) is 11.8 Å². The first-order chi connectivity index (χ1) is 16.7. The van der Waals surface area contributed by atoms with Crippen molar-refractivity contribution in [2.45, 2.75) is 37.1 Å². The number of nitro groups is 1. The first-order valence-corrected chi connectivity index (χ1v) is 12.0. The van der Waals surface area contributed by atoms with Crippen LogP contribution in [0.1, 0.15) is 22.5 Å². The molecule has 5 heterocycles. The number of amides is 1. The first-order valence-electron chi connectivity index (χ1n) is 10.3. The van der Waals surface area contributed by atoms with Gasteiger partial charge >= 0.3 is 5.00 Å². The number of nitrogens with one attached hydrogen (secondary N) is 1. The average Bonchev–Trinajstić information content (AvgIpc) is 3.41. The summed E-state index contributed by atoms with van der Waals surface area (Å²) in [5, 5.41) is 19.0. The Morgan fingerprint density at radius 3 is 2.86 bits per heavy atom. The van der Waals surface area contributed by atoms with Gasteiger partial charge in [0, 0.05) is 23.7 Å². The van der Waals surface area contributed by atoms with Crippen molar-refractivity contribution in [1.29, 1.82) is 0 Å². The van der Waals surface area contributed by atoms with Crippen molar-refractivity contribution in [3.8, 4) is 5.75 Å². The number of nitrogens with two attached hydrogens (primary N) is 1. The number of hydrogen-bond donors (Lipinski definition) is 2. The zero-order valence-electron chi connectivity index (χ0n) is 18.8. The van der Waals surface area contributed by atoms with Gasteiger partial charge in [-0.05, 0) is 25.2 Å². The molecular weight excluding hydrogens is 494 g/mol. The highest BCUT2D eigenvalue weighted by atomic mass is 32.2. The fraction of sp³-hybridized carbons (Fsp3) is 0.300. The number of thiazole rings is 1. The van der Waals surface area contributed by atoms with E-state index in [0.29, 0.717) is 29.3 Å². The van der Waals surface area contributed by atoms with Crippen LogP contribution in [0, 0.1) is 24.0 Å². The first kappa shape index (κ1) is 22.9. The van der Waals surface area contributed by atoms with Crippen LogP contribution in [0.15, 0.2) is 17.4 Å². The van der Waals surface area contributed by atoms with Gasteiger partial charge in [0.25, 0.3) is 0 Å². The van der Waals surface area contributed by atoms with Gasteiger partial charge < -0.3 is 15.8 Å². The summed E-state index contributed by atoms with van der Waals surface area (Å²) in [5.41, 5.74) is 9.81. The van der Waals surface area contributed by atoms with Crippen molar-refractivity contribution in [2.75, 3.05) is 18.2 Å². The number of anilines is 2. The van der Waals surface area contributed by atoms with Crippen molar-refractivity contribution in [3.05, 3.63) is 45.0 Å². The fourth-order valence-corrected chi connectivity index (χ4v) is 5.71. The standard InChI is InChI=1S/C20H19N9O4S2/c1-8-5-22-11(9(2)15(8)33-3)7-28-16-14-10(27-28)4-12(34-18(14)26-19(21)24-16)17(30)25-20-23-6-13(35-20)29(31)32/h5-6,12H,4,7H2,1-3H3,(H2,21,24,26)(H,23,25,30). The second kappa shape index (κ2) is 8.74. The number of carbonyl (C=O) groups is 1. The van der Waals surface area contributed by atoms with Crippen LogP contribution in [-0.2, 0) is 17.8 Å². The lowest BCUT2D eigenvalue weighted by atomic mass is 10.1. The number of nitrogen functional groups attached to an aromatic ring is 1. The van der Waals surface area contributed by atoms with Crippen LogP contribution in [0.5, 0.6) is 5.75 Å². The molecule has 0 fully saturated rings. The van der Waals surface area contributed by atoms with Gasteiger partial charge in [0.2, 0.25) is 11.9 Å². The second-order valence-electron chi connectivity index (χ2n) is 7.80. The molecule has 0 saturated carbocycles. The molecule has 1 amide bonds. The molecule has 0 radical (unpaired) electrons. The minimum absolute atomic E-state index is 0.0653. The molecule has 4 aromatic rings. The highest BCUT2D eigenvalue weighted by Crippen LogP contribution is 2.39. The molecule has 15 heteroatoms. The van der Waals surface area contributed by atoms with E-state index in [0.717, 1.165) is 45.5 Å². The summed E-state index contributed by atoms with van der Waals surface area (Å²) >= 11 is 2.04. The largest absolute Gasteiger partial charge is 0.496 e. The van der Waals surface area contributed by atoms with Crippen LogP contribution in [0.3, 0.4) is 0 Å². The molecular formula is C20H19N9O4S2. The Bertz CT molecular complexity index is 1500. The predicted molar refractivity (Wildman–Crippen MR) is 130 cm³/mol. The van der Waals surface area contributed by atoms with Gasteiger partial charge in [-0.2, -0.15) is 10.1 Å². The second-order valence-corrected chi connectivity index (χ2v) is 10.00. The van der Waals surface area contributed by atoms with Crippen LogP contribution in [0.4, 0.5) is 16.1 Å². The number of methoxy groups -OCH3 is 1. The topological polar surface area (TPSA) is 177 Å². The molecule has 1 aliphatic rings. The summed E-state index contributed by atoms with van der Waals surface area (Å²) in [7, 11) is 1.62. The molecule has 5 rings (SSSR count). The number of ether oxygens (including phenoxy) is 1. The number of nitrogens with zero attached hydrogens (tertiary/aromatic N) is 7. The van der Waals surface area contributed by atoms with Gasteiger partial charge in [-0.1, -0.05) is 11.8 Å². The summed E-state index contributed by atoms with van der Waals surface area (Å²) in [4.78, 5) is 40.5. The number of pyridine rings is 1. The Labute approximate surface area is 206 Å². The van der Waals surface area contributed by atoms with Crippen LogP contribution in [-0.4, -0.2) is 52.9 Å². The van der Waals surface area contributed by atoms with E-state index < -0.39 is 10.2 Å². The zero-order valence-corrected chi connectivity index (χ0v) is 20.4. The Kier molecular flexibility index (Phi) is 5.72. The van der Waals surface area contributed by atoms with Crippen LogP contribution < -0.4 is 15.8 Å². The fourth-order valence-electron chi connectivity index (χ4n) is 3.93. The molecule has 0 saturated heterocycles. The van der Waals surface area contributed by atoms with E-state index in [1.807, 2.05) is 13.8 Å². The maximum Gasteiger partial charge on any atom is 0.345 e. The number of carbonyl (C=O) groups excluding carboxylic acids is 1. The van der Waals surface area contributed by atoms with E-state index in [4.69, 9.17) is 15.6 Å². The lowest BCUT2D eigenvalue weighted by Gasteiger charge is -2.18. The molecule has 180 valence electrons. The zero-order chi connectivity index (χ0) is 24.9. The average molecular weight is 514 g/mol. The van der Waals surface area contributed by atoms with Crippen molar-refractivity contribution < 1.29 is 14.5 Å². The third-order valence-electron chi connectivity index (χ3n) is 5.53. The number of rotatable bonds is 6. The van der Waals surface area contributed by atoms with Crippen molar-refractivity contribution in [2.24, 2.45) is 0 Å². The van der Waals surface area contributed by atoms with Gasteiger partial charge in [-0.3, -0.25) is 19.9 Å². The molecule has 1 atom stereocenters. The molecule has 0 aliphatic carbocycles. The smallest absolute Gasteiger partial charge is 0.345 e. The Morgan fingerprint density at radius 2 is 2.14 bits per heavy atom. The molecule has 0 bridgehead atoms. The van der Waals surface area contributed by atoms with Crippen molar-refractivity contribution in [1.82, 2.24) is 29.7 Å². The van der Waals surface area contributed by atoms with Crippen LogP contribution in [0.25, 0.3) is 11.0 Å². The highest BCUT2D eigenvalue weighted by molar-refractivity contribution is 8.00. The maximum absolute atomic E-state index is 12.9. The highest BCUT2D eigenvalue weighted by Gasteiger charge is 2.33. The predicted octanol–water partition coefficient (Wildman–Crippen LogP) is 2.50. The lowest BCUT2D eigenvalue weighted by molar-refractivity contribution is -0.380. The van der Waals surface area contributed by atoms with E-state index in [9.17, 15) is 14.9 Å². The van der Waals surface area contributed by atoms with Gasteiger partial charge in [-0.25, -0.2) is 14.6 Å². The summed E-state index contributed by atoms with van der Waals surface area (Å²) in [6, 6.07) is 0. The number of aromatic nitrogens is 6. The summed E-state index contributed by atoms with van der Waals surface area (Å²) in [5.74, 6) is 0.474. The SMILES string of the molecule is COc1c(C)cnc(Cn2nc3c4c(nc(N)nc42)SC(C(=O)Nc2ncc([N+](=O)[O-])s2)C3)c1C. The molecule has 3 N–H and O–H groups in total. The third kappa shape index (κ3) is 4.12. The quantitative estimate of drug-likeness (QED) is 0.220. The lowest BCUT2D eigenvalue weighted by Crippen LogP contribution is -2.29. The molecule has 1 aliphatic heterocycles. The van der Waals surface area contributed by atoms with Crippen LogP contribution in [0.2, 0.25) is 0 Å². The monoisotopic (exact) mass is 513 g/mol. The van der Waals surface area contributed by atoms with Gasteiger partial charge in [0.15, 0.2) is 10.8 Å². The number of thioether (sulfide) groups is 1. The third-order valence-corrected chi connectivity index (χ3v) is 7.57. The molecule has 0 spiro atoms. The Hall–Kier alpha value is -3.85. The van der Waals surface area contributed by atoms with E-state index in [2.05, 4.69) is 25.3 Å². The summed E-state index contributed by atoms with van der Waals surface area (Å²) < 4.78 is 7.23. The normalized spacial score (nSPS) is 14.8. The Morgan fingerprint density at radius 1 is 1.34 bits per heavy atom. The molecule has 35 heavy (non-hydrogen) atoms. The summed E-state index contributed by atoms with van der Waals surface area (Å²) in [6.07, 6.45) is 3.18. The van der Waals surface area contributed by atoms with Gasteiger partial charge in [0.1, 0.15) is 17.0 Å². The molecule has 4 aromatic heterocycles. The summed E-state index contributed by atoms with van der Waals surface area (Å²) in [6.45, 7) is 4.20. The number of hydrogen-bond acceptors (Lipinski definition) is 12. The van der Waals surface area contributed by atoms with Gasteiger partial charge in [-0.15, -0.1) is 0 Å². The minimum atomic E-state index is -0.578.